The molecule has 0 spiro atoms. The SMILES string of the molecule is O=C(CCc1nc2ccccc2s1)N1CC2CN(Cc3cnc[nH]3)CC2(CO)C1. The van der Waals surface area contributed by atoms with Crippen LogP contribution in [-0.4, -0.2) is 68.6 Å². The van der Waals surface area contributed by atoms with Gasteiger partial charge in [-0.1, -0.05) is 12.1 Å². The van der Waals surface area contributed by atoms with Crippen molar-refractivity contribution in [3.63, 3.8) is 0 Å². The molecule has 2 atom stereocenters. The maximum absolute atomic E-state index is 12.9. The van der Waals surface area contributed by atoms with E-state index in [4.69, 9.17) is 0 Å². The monoisotopic (exact) mass is 411 g/mol. The van der Waals surface area contributed by atoms with Gasteiger partial charge in [-0.3, -0.25) is 9.69 Å². The number of hydrogen-bond acceptors (Lipinski definition) is 6. The number of amides is 1. The summed E-state index contributed by atoms with van der Waals surface area (Å²) in [6.07, 6.45) is 4.70. The zero-order valence-corrected chi connectivity index (χ0v) is 17.1. The van der Waals surface area contributed by atoms with Crippen molar-refractivity contribution in [2.75, 3.05) is 32.8 Å². The number of thiazole rings is 1. The second-order valence-corrected chi connectivity index (χ2v) is 9.43. The molecule has 152 valence electrons. The van der Waals surface area contributed by atoms with Crippen molar-refractivity contribution in [1.29, 1.82) is 0 Å². The summed E-state index contributed by atoms with van der Waals surface area (Å²) in [6.45, 7) is 4.03. The first-order valence-electron chi connectivity index (χ1n) is 10.1. The Morgan fingerprint density at radius 1 is 1.31 bits per heavy atom. The number of para-hydroxylation sites is 1. The second kappa shape index (κ2) is 7.51. The molecule has 8 heteroatoms. The molecule has 5 rings (SSSR count). The van der Waals surface area contributed by atoms with E-state index in [9.17, 15) is 9.90 Å². The van der Waals surface area contributed by atoms with Crippen molar-refractivity contribution in [1.82, 2.24) is 24.8 Å². The van der Waals surface area contributed by atoms with E-state index in [0.717, 1.165) is 42.4 Å². The van der Waals surface area contributed by atoms with E-state index in [2.05, 4.69) is 25.9 Å². The lowest BCUT2D eigenvalue weighted by Crippen LogP contribution is -2.38. The van der Waals surface area contributed by atoms with E-state index in [1.807, 2.05) is 29.3 Å². The summed E-state index contributed by atoms with van der Waals surface area (Å²) in [4.78, 5) is 29.0. The molecule has 0 radical (unpaired) electrons. The van der Waals surface area contributed by atoms with E-state index < -0.39 is 0 Å². The molecule has 2 aromatic heterocycles. The van der Waals surface area contributed by atoms with Gasteiger partial charge in [0.05, 0.1) is 28.2 Å². The number of aromatic amines is 1. The van der Waals surface area contributed by atoms with Crippen molar-refractivity contribution in [3.05, 3.63) is 47.5 Å². The Morgan fingerprint density at radius 3 is 2.97 bits per heavy atom. The number of carbonyl (C=O) groups excluding carboxylic acids is 1. The van der Waals surface area contributed by atoms with E-state index in [0.29, 0.717) is 25.3 Å². The molecule has 0 aliphatic carbocycles. The summed E-state index contributed by atoms with van der Waals surface area (Å²) < 4.78 is 1.17. The first kappa shape index (κ1) is 18.7. The van der Waals surface area contributed by atoms with Gasteiger partial charge in [-0.25, -0.2) is 9.97 Å². The lowest BCUT2D eigenvalue weighted by Gasteiger charge is -2.27. The minimum atomic E-state index is -0.203. The molecule has 2 saturated heterocycles. The van der Waals surface area contributed by atoms with Crippen molar-refractivity contribution in [3.8, 4) is 0 Å². The smallest absolute Gasteiger partial charge is 0.223 e. The van der Waals surface area contributed by atoms with Gasteiger partial charge in [-0.15, -0.1) is 11.3 Å². The van der Waals surface area contributed by atoms with Crippen LogP contribution in [0.2, 0.25) is 0 Å². The number of aryl methyl sites for hydroxylation is 1. The van der Waals surface area contributed by atoms with Crippen LogP contribution in [0.15, 0.2) is 36.8 Å². The van der Waals surface area contributed by atoms with E-state index in [1.54, 1.807) is 17.7 Å². The van der Waals surface area contributed by atoms with Gasteiger partial charge in [0.15, 0.2) is 0 Å². The second-order valence-electron chi connectivity index (χ2n) is 8.31. The molecule has 2 unspecified atom stereocenters. The quantitative estimate of drug-likeness (QED) is 0.647. The topological polar surface area (TPSA) is 85.4 Å². The van der Waals surface area contributed by atoms with Crippen LogP contribution in [0.25, 0.3) is 10.2 Å². The number of aromatic nitrogens is 3. The molecule has 4 heterocycles. The molecule has 0 bridgehead atoms. The Kier molecular flexibility index (Phi) is 4.85. The van der Waals surface area contributed by atoms with E-state index in [-0.39, 0.29) is 17.9 Å². The molecule has 2 aliphatic heterocycles. The number of hydrogen-bond donors (Lipinski definition) is 2. The van der Waals surface area contributed by atoms with Gasteiger partial charge >= 0.3 is 0 Å². The molecule has 0 saturated carbocycles. The number of benzene rings is 1. The number of nitrogens with zero attached hydrogens (tertiary/aromatic N) is 4. The van der Waals surface area contributed by atoms with Crippen LogP contribution in [0, 0.1) is 11.3 Å². The largest absolute Gasteiger partial charge is 0.396 e. The molecular weight excluding hydrogens is 386 g/mol. The number of nitrogens with one attached hydrogen (secondary N) is 1. The highest BCUT2D eigenvalue weighted by molar-refractivity contribution is 7.18. The third-order valence-corrected chi connectivity index (χ3v) is 7.43. The minimum absolute atomic E-state index is 0.124. The number of aliphatic hydroxyl groups excluding tert-OH is 1. The molecule has 1 aromatic carbocycles. The molecule has 29 heavy (non-hydrogen) atoms. The lowest BCUT2D eigenvalue weighted by molar-refractivity contribution is -0.130. The van der Waals surface area contributed by atoms with Gasteiger partial charge in [-0.2, -0.15) is 0 Å². The highest BCUT2D eigenvalue weighted by Crippen LogP contribution is 2.42. The maximum atomic E-state index is 12.9. The van der Waals surface area contributed by atoms with E-state index in [1.165, 1.54) is 4.70 Å². The van der Waals surface area contributed by atoms with Gasteiger partial charge in [0, 0.05) is 62.9 Å². The van der Waals surface area contributed by atoms with Crippen LogP contribution in [0.1, 0.15) is 17.1 Å². The molecule has 2 fully saturated rings. The predicted octanol–water partition coefficient (Wildman–Crippen LogP) is 1.90. The average Bonchev–Trinajstić information content (AvgIpc) is 3.48. The van der Waals surface area contributed by atoms with Crippen LogP contribution in [-0.2, 0) is 17.8 Å². The zero-order valence-electron chi connectivity index (χ0n) is 16.3. The van der Waals surface area contributed by atoms with Crippen LogP contribution in [0.3, 0.4) is 0 Å². The molecule has 7 nitrogen and oxygen atoms in total. The van der Waals surface area contributed by atoms with Gasteiger partial charge in [0.25, 0.3) is 0 Å². The number of fused-ring (bicyclic) bond motifs is 2. The van der Waals surface area contributed by atoms with Gasteiger partial charge in [-0.05, 0) is 18.1 Å². The van der Waals surface area contributed by atoms with Crippen LogP contribution >= 0.6 is 11.3 Å². The highest BCUT2D eigenvalue weighted by atomic mass is 32.1. The predicted molar refractivity (Wildman–Crippen MR) is 111 cm³/mol. The van der Waals surface area contributed by atoms with Crippen LogP contribution in [0.5, 0.6) is 0 Å². The number of imidazole rings is 1. The standard InChI is InChI=1S/C21H25N5O2S/c27-13-21-11-25(10-16-7-22-14-23-16)8-15(21)9-26(12-21)20(28)6-5-19-24-17-3-1-2-4-18(17)29-19/h1-4,7,14-15,27H,5-6,8-13H2,(H,22,23). The van der Waals surface area contributed by atoms with Gasteiger partial charge in [0.2, 0.25) is 5.91 Å². The lowest BCUT2D eigenvalue weighted by atomic mass is 9.82. The summed E-state index contributed by atoms with van der Waals surface area (Å²) in [5.41, 5.74) is 1.89. The van der Waals surface area contributed by atoms with E-state index >= 15 is 0 Å². The molecule has 2 N–H and O–H groups in total. The van der Waals surface area contributed by atoms with Crippen molar-refractivity contribution < 1.29 is 9.90 Å². The Hall–Kier alpha value is -2.29. The summed E-state index contributed by atoms with van der Waals surface area (Å²) in [5.74, 6) is 0.494. The van der Waals surface area contributed by atoms with Crippen molar-refractivity contribution in [2.24, 2.45) is 11.3 Å². The summed E-state index contributed by atoms with van der Waals surface area (Å²) in [5, 5.41) is 11.2. The fraction of sp³-hybridized carbons (Fsp3) is 0.476. The Morgan fingerprint density at radius 2 is 2.21 bits per heavy atom. The number of H-pyrrole nitrogens is 1. The molecule has 2 aliphatic rings. The molecule has 3 aromatic rings. The third kappa shape index (κ3) is 3.56. The summed E-state index contributed by atoms with van der Waals surface area (Å²) in [7, 11) is 0. The average molecular weight is 412 g/mol. The molecule has 1 amide bonds. The first-order valence-corrected chi connectivity index (χ1v) is 10.9. The highest BCUT2D eigenvalue weighted by Gasteiger charge is 2.52. The number of rotatable bonds is 6. The van der Waals surface area contributed by atoms with Crippen LogP contribution < -0.4 is 0 Å². The summed E-state index contributed by atoms with van der Waals surface area (Å²) >= 11 is 1.67. The maximum Gasteiger partial charge on any atom is 0.223 e. The Balaban J connectivity index is 1.19. The van der Waals surface area contributed by atoms with Crippen molar-refractivity contribution >= 4 is 27.5 Å². The minimum Gasteiger partial charge on any atom is -0.396 e. The number of carbonyl (C=O) groups is 1. The molecular formula is C21H25N5O2S. The Labute approximate surface area is 173 Å². The Bertz CT molecular complexity index is 971. The fourth-order valence-corrected chi connectivity index (χ4v) is 5.80. The van der Waals surface area contributed by atoms with Crippen LogP contribution in [0.4, 0.5) is 0 Å². The number of likely N-dealkylation sites (tertiary alicyclic amines) is 2. The van der Waals surface area contributed by atoms with Crippen molar-refractivity contribution in [2.45, 2.75) is 19.4 Å². The zero-order chi connectivity index (χ0) is 19.8. The first-order chi connectivity index (χ1) is 14.1. The number of aliphatic hydroxyl groups is 1. The summed E-state index contributed by atoms with van der Waals surface area (Å²) in [6, 6.07) is 8.09. The van der Waals surface area contributed by atoms with Gasteiger partial charge in [0.1, 0.15) is 0 Å². The normalized spacial score (nSPS) is 24.4. The fourth-order valence-electron chi connectivity index (χ4n) is 4.84. The third-order valence-electron chi connectivity index (χ3n) is 6.34. The van der Waals surface area contributed by atoms with Gasteiger partial charge < -0.3 is 15.0 Å².